The van der Waals surface area contributed by atoms with Crippen molar-refractivity contribution in [3.8, 4) is 0 Å². The first-order chi connectivity index (χ1) is 18.4. The number of carbonyl (C=O) groups excluding carboxylic acids is 3. The van der Waals surface area contributed by atoms with E-state index in [0.29, 0.717) is 33.3 Å². The van der Waals surface area contributed by atoms with Crippen molar-refractivity contribution in [2.24, 2.45) is 0 Å². The van der Waals surface area contributed by atoms with Crippen molar-refractivity contribution >= 4 is 40.8 Å². The molecule has 0 saturated heterocycles. The number of nitrogens with zero attached hydrogens (tertiary/aromatic N) is 3. The van der Waals surface area contributed by atoms with Crippen molar-refractivity contribution in [2.45, 2.75) is 25.9 Å². The third kappa shape index (κ3) is 5.55. The zero-order chi connectivity index (χ0) is 26.6. The molecule has 8 nitrogen and oxygen atoms in total. The Kier molecular flexibility index (Phi) is 7.15. The van der Waals surface area contributed by atoms with Crippen LogP contribution in [-0.4, -0.2) is 38.6 Å². The lowest BCUT2D eigenvalue weighted by Crippen LogP contribution is -2.46. The van der Waals surface area contributed by atoms with Gasteiger partial charge in [0.15, 0.2) is 0 Å². The minimum Gasteiger partial charge on any atom is -0.323 e. The second kappa shape index (κ2) is 10.8. The van der Waals surface area contributed by atoms with Gasteiger partial charge in [0.2, 0.25) is 5.91 Å². The predicted octanol–water partition coefficient (Wildman–Crippen LogP) is 4.90. The van der Waals surface area contributed by atoms with Crippen LogP contribution in [0.25, 0.3) is 0 Å². The maximum absolute atomic E-state index is 13.7. The summed E-state index contributed by atoms with van der Waals surface area (Å²) in [6, 6.07) is 20.0. The summed E-state index contributed by atoms with van der Waals surface area (Å²) in [5.74, 6) is -0.464. The highest BCUT2D eigenvalue weighted by Crippen LogP contribution is 2.28. The van der Waals surface area contributed by atoms with Crippen molar-refractivity contribution in [1.82, 2.24) is 14.9 Å². The van der Waals surface area contributed by atoms with Gasteiger partial charge in [0, 0.05) is 41.6 Å². The van der Waals surface area contributed by atoms with Crippen LogP contribution in [0.2, 0.25) is 5.02 Å². The second-order valence-corrected chi connectivity index (χ2v) is 9.46. The first-order valence-corrected chi connectivity index (χ1v) is 12.4. The summed E-state index contributed by atoms with van der Waals surface area (Å²) in [4.78, 5) is 49.8. The fourth-order valence-corrected chi connectivity index (χ4v) is 4.42. The number of rotatable bonds is 6. The Morgan fingerprint density at radius 2 is 1.84 bits per heavy atom. The summed E-state index contributed by atoms with van der Waals surface area (Å²) >= 11 is 6.13. The molecule has 1 aliphatic heterocycles. The lowest BCUT2D eigenvalue weighted by atomic mass is 10.0. The van der Waals surface area contributed by atoms with E-state index in [1.165, 1.54) is 4.90 Å². The summed E-state index contributed by atoms with van der Waals surface area (Å²) in [5, 5.41) is 6.05. The van der Waals surface area contributed by atoms with Crippen molar-refractivity contribution in [2.75, 3.05) is 10.6 Å². The maximum atomic E-state index is 13.7. The Balaban J connectivity index is 1.40. The topological polar surface area (TPSA) is 104 Å². The normalized spacial score (nSPS) is 14.9. The van der Waals surface area contributed by atoms with E-state index in [-0.39, 0.29) is 30.7 Å². The standard InChI is InChI=1S/C29H24ClN5O3/c1-18-5-12-26(32-16-18)34-27(36)20-8-6-19(7-9-20)17-35-25(15-22-4-2-3-13-31-22)28(37)33-24-14-21(30)10-11-23(24)29(35)38/h2-14,16,25H,15,17H2,1H3,(H,33,37)(H,32,34,36)/t25-/m1/s1. The van der Waals surface area contributed by atoms with E-state index < -0.39 is 6.04 Å². The molecule has 0 unspecified atom stereocenters. The van der Waals surface area contributed by atoms with Crippen LogP contribution >= 0.6 is 11.6 Å². The number of aryl methyl sites for hydroxylation is 1. The highest BCUT2D eigenvalue weighted by atomic mass is 35.5. The Labute approximate surface area is 224 Å². The largest absolute Gasteiger partial charge is 0.323 e. The molecule has 4 aromatic rings. The average Bonchev–Trinajstić information content (AvgIpc) is 3.00. The maximum Gasteiger partial charge on any atom is 0.256 e. The van der Waals surface area contributed by atoms with E-state index >= 15 is 0 Å². The van der Waals surface area contributed by atoms with Crippen molar-refractivity contribution < 1.29 is 14.4 Å². The number of benzene rings is 2. The lowest BCUT2D eigenvalue weighted by molar-refractivity contribution is -0.120. The van der Waals surface area contributed by atoms with Gasteiger partial charge < -0.3 is 15.5 Å². The molecule has 0 saturated carbocycles. The summed E-state index contributed by atoms with van der Waals surface area (Å²) in [7, 11) is 0. The highest BCUT2D eigenvalue weighted by molar-refractivity contribution is 6.31. The second-order valence-electron chi connectivity index (χ2n) is 9.03. The van der Waals surface area contributed by atoms with Gasteiger partial charge in [-0.2, -0.15) is 0 Å². The molecule has 0 fully saturated rings. The van der Waals surface area contributed by atoms with E-state index in [1.54, 1.807) is 67.0 Å². The highest BCUT2D eigenvalue weighted by Gasteiger charge is 2.36. The van der Waals surface area contributed by atoms with Crippen LogP contribution in [0.1, 0.15) is 37.5 Å². The Morgan fingerprint density at radius 3 is 2.55 bits per heavy atom. The monoisotopic (exact) mass is 525 g/mol. The molecule has 1 atom stereocenters. The van der Waals surface area contributed by atoms with Crippen molar-refractivity contribution in [3.63, 3.8) is 0 Å². The average molecular weight is 526 g/mol. The Bertz CT molecular complexity index is 1490. The molecule has 2 aromatic carbocycles. The number of pyridine rings is 2. The number of aromatic nitrogens is 2. The van der Waals surface area contributed by atoms with Crippen LogP contribution in [0.5, 0.6) is 0 Å². The minimum absolute atomic E-state index is 0.160. The van der Waals surface area contributed by atoms with Crippen LogP contribution in [0.3, 0.4) is 0 Å². The molecule has 0 bridgehead atoms. The van der Waals surface area contributed by atoms with E-state index in [2.05, 4.69) is 20.6 Å². The molecule has 9 heteroatoms. The molecule has 38 heavy (non-hydrogen) atoms. The number of hydrogen-bond donors (Lipinski definition) is 2. The lowest BCUT2D eigenvalue weighted by Gasteiger charge is -2.28. The van der Waals surface area contributed by atoms with Gasteiger partial charge in [0.05, 0.1) is 11.3 Å². The van der Waals surface area contributed by atoms with Gasteiger partial charge in [-0.15, -0.1) is 0 Å². The molecule has 2 N–H and O–H groups in total. The SMILES string of the molecule is Cc1ccc(NC(=O)c2ccc(CN3C(=O)c4ccc(Cl)cc4NC(=O)[C@H]3Cc3ccccn3)cc2)nc1. The van der Waals surface area contributed by atoms with Crippen LogP contribution in [0, 0.1) is 6.92 Å². The third-order valence-electron chi connectivity index (χ3n) is 6.26. The fourth-order valence-electron chi connectivity index (χ4n) is 4.25. The van der Waals surface area contributed by atoms with Gasteiger partial charge in [-0.3, -0.25) is 19.4 Å². The number of fused-ring (bicyclic) bond motifs is 1. The number of amides is 3. The van der Waals surface area contributed by atoms with Gasteiger partial charge in [0.1, 0.15) is 11.9 Å². The number of carbonyl (C=O) groups is 3. The Morgan fingerprint density at radius 1 is 1.03 bits per heavy atom. The van der Waals surface area contributed by atoms with Crippen LogP contribution in [0.15, 0.2) is 85.2 Å². The van der Waals surface area contributed by atoms with Gasteiger partial charge in [0.25, 0.3) is 11.8 Å². The molecule has 5 rings (SSSR count). The van der Waals surface area contributed by atoms with Gasteiger partial charge in [-0.05, 0) is 66.6 Å². The smallest absolute Gasteiger partial charge is 0.256 e. The molecule has 3 amide bonds. The predicted molar refractivity (Wildman–Crippen MR) is 145 cm³/mol. The van der Waals surface area contributed by atoms with Gasteiger partial charge >= 0.3 is 0 Å². The van der Waals surface area contributed by atoms with Crippen LogP contribution < -0.4 is 10.6 Å². The summed E-state index contributed by atoms with van der Waals surface area (Å²) < 4.78 is 0. The van der Waals surface area contributed by atoms with Gasteiger partial charge in [-0.25, -0.2) is 4.98 Å². The first-order valence-electron chi connectivity index (χ1n) is 12.0. The first kappa shape index (κ1) is 25.1. The summed E-state index contributed by atoms with van der Waals surface area (Å²) in [6.07, 6.45) is 3.57. The van der Waals surface area contributed by atoms with E-state index in [1.807, 2.05) is 25.1 Å². The number of hydrogen-bond acceptors (Lipinski definition) is 5. The van der Waals surface area contributed by atoms with Crippen LogP contribution in [0.4, 0.5) is 11.5 Å². The molecule has 3 heterocycles. The molecule has 1 aliphatic rings. The fraction of sp³-hybridized carbons (Fsp3) is 0.138. The zero-order valence-corrected chi connectivity index (χ0v) is 21.3. The molecule has 0 radical (unpaired) electrons. The van der Waals surface area contributed by atoms with E-state index in [0.717, 1.165) is 11.1 Å². The molecular formula is C29H24ClN5O3. The van der Waals surface area contributed by atoms with Crippen molar-refractivity contribution in [1.29, 1.82) is 0 Å². The van der Waals surface area contributed by atoms with Gasteiger partial charge in [-0.1, -0.05) is 35.9 Å². The minimum atomic E-state index is -0.806. The Hall–Kier alpha value is -4.56. The number of anilines is 2. The van der Waals surface area contributed by atoms with E-state index in [4.69, 9.17) is 11.6 Å². The quantitative estimate of drug-likeness (QED) is 0.373. The van der Waals surface area contributed by atoms with Crippen molar-refractivity contribution in [3.05, 3.63) is 118 Å². The van der Waals surface area contributed by atoms with E-state index in [9.17, 15) is 14.4 Å². The number of nitrogens with one attached hydrogen (secondary N) is 2. The molecule has 190 valence electrons. The molecule has 0 spiro atoms. The number of halogens is 1. The van der Waals surface area contributed by atoms with Crippen LogP contribution in [-0.2, 0) is 17.8 Å². The third-order valence-corrected chi connectivity index (χ3v) is 6.50. The molecule has 2 aromatic heterocycles. The summed E-state index contributed by atoms with van der Waals surface area (Å²) in [6.45, 7) is 2.08. The molecular weight excluding hydrogens is 502 g/mol. The zero-order valence-electron chi connectivity index (χ0n) is 20.5. The summed E-state index contributed by atoms with van der Waals surface area (Å²) in [5.41, 5.74) is 3.62. The molecule has 0 aliphatic carbocycles.